The SMILES string of the molecule is CC.Cc1cccc(CNc2nc(NCc3ccccc3)nc(NCC3CCCCC3)n2)c1C.O=CNc1ccc(S(=O)NC2NC=CS2)cc1. The van der Waals surface area contributed by atoms with Crippen molar-refractivity contribution >= 4 is 52.7 Å². The highest BCUT2D eigenvalue weighted by Crippen LogP contribution is 2.24. The van der Waals surface area contributed by atoms with E-state index in [1.165, 1.54) is 66.1 Å². The smallest absolute Gasteiger partial charge is 0.229 e. The lowest BCUT2D eigenvalue weighted by Crippen LogP contribution is -2.35. The molecule has 4 aromatic rings. The molecule has 2 atom stereocenters. The molecule has 0 radical (unpaired) electrons. The maximum absolute atomic E-state index is 11.9. The van der Waals surface area contributed by atoms with Gasteiger partial charge in [-0.25, -0.2) is 8.93 Å². The second-order valence-electron chi connectivity index (χ2n) is 11.9. The van der Waals surface area contributed by atoms with Crippen LogP contribution in [0.15, 0.2) is 89.3 Å². The van der Waals surface area contributed by atoms with E-state index >= 15 is 0 Å². The van der Waals surface area contributed by atoms with Gasteiger partial charge in [0.25, 0.3) is 0 Å². The average Bonchev–Trinajstić information content (AvgIpc) is 3.69. The Balaban J connectivity index is 0.000000258. The van der Waals surface area contributed by atoms with Crippen LogP contribution in [0.3, 0.4) is 0 Å². The third-order valence-corrected chi connectivity index (χ3v) is 10.5. The van der Waals surface area contributed by atoms with Gasteiger partial charge in [-0.05, 0) is 84.5 Å². The summed E-state index contributed by atoms with van der Waals surface area (Å²) in [7, 11) is -1.27. The largest absolute Gasteiger partial charge is 0.366 e. The Morgan fingerprint density at radius 2 is 1.49 bits per heavy atom. The standard InChI is InChI=1S/C26H34N6.C10H11N3O2S2.C2H6/c1-19-10-9-15-23(20(19)2)18-29-26-31-24(27-16-21-11-5-3-6-12-21)30-25(32-26)28-17-22-13-7-4-8-14-22;14-7-12-8-1-3-9(4-2-8)17(15)13-10-11-5-6-16-10;1-2/h3,5-6,9-12,15,22H,4,7-8,13-14,16-18H2,1-2H3,(H3,27,28,29,30,31,32);1-7,10-11,13H,(H,12,14);1-2H3. The van der Waals surface area contributed by atoms with Gasteiger partial charge in [-0.3, -0.25) is 4.79 Å². The lowest BCUT2D eigenvalue weighted by atomic mass is 9.89. The molecule has 13 heteroatoms. The van der Waals surface area contributed by atoms with Crippen LogP contribution in [0.1, 0.15) is 68.2 Å². The van der Waals surface area contributed by atoms with E-state index in [-0.39, 0.29) is 5.50 Å². The van der Waals surface area contributed by atoms with E-state index in [1.807, 2.05) is 37.5 Å². The molecule has 272 valence electrons. The second kappa shape index (κ2) is 21.7. The lowest BCUT2D eigenvalue weighted by molar-refractivity contribution is -0.105. The van der Waals surface area contributed by atoms with Gasteiger partial charge in [-0.1, -0.05) is 93.4 Å². The molecule has 1 saturated carbocycles. The molecule has 2 aliphatic rings. The number of thioether (sulfide) groups is 1. The minimum Gasteiger partial charge on any atom is -0.366 e. The molecule has 6 rings (SSSR count). The van der Waals surface area contributed by atoms with Crippen LogP contribution in [-0.4, -0.2) is 37.6 Å². The van der Waals surface area contributed by atoms with Crippen molar-refractivity contribution < 1.29 is 9.00 Å². The molecule has 1 amide bonds. The fourth-order valence-corrected chi connectivity index (χ4v) is 7.19. The van der Waals surface area contributed by atoms with Gasteiger partial charge >= 0.3 is 0 Å². The van der Waals surface area contributed by atoms with Gasteiger partial charge in [0.15, 0.2) is 0 Å². The quantitative estimate of drug-likeness (QED) is 0.0715. The molecule has 0 saturated heterocycles. The number of hydrogen-bond donors (Lipinski definition) is 6. The molecule has 6 N–H and O–H groups in total. The number of aryl methyl sites for hydroxylation is 1. The van der Waals surface area contributed by atoms with E-state index in [1.54, 1.807) is 30.5 Å². The molecule has 0 spiro atoms. The van der Waals surface area contributed by atoms with Crippen LogP contribution in [0.25, 0.3) is 0 Å². The van der Waals surface area contributed by atoms with E-state index < -0.39 is 11.0 Å². The van der Waals surface area contributed by atoms with Crippen molar-refractivity contribution in [3.8, 4) is 0 Å². The third kappa shape index (κ3) is 13.3. The predicted octanol–water partition coefficient (Wildman–Crippen LogP) is 7.69. The first kappa shape index (κ1) is 39.3. The van der Waals surface area contributed by atoms with Crippen LogP contribution in [0, 0.1) is 19.8 Å². The van der Waals surface area contributed by atoms with E-state index in [9.17, 15) is 9.00 Å². The summed E-state index contributed by atoms with van der Waals surface area (Å²) in [6.45, 7) is 10.6. The summed E-state index contributed by atoms with van der Waals surface area (Å²) < 4.78 is 14.8. The number of carbonyl (C=O) groups excluding carboxylic acids is 1. The van der Waals surface area contributed by atoms with Crippen LogP contribution >= 0.6 is 11.8 Å². The first-order chi connectivity index (χ1) is 25.0. The summed E-state index contributed by atoms with van der Waals surface area (Å²) in [5, 5.41) is 17.7. The summed E-state index contributed by atoms with van der Waals surface area (Å²) in [4.78, 5) is 24.8. The first-order valence-corrected chi connectivity index (χ1v) is 19.7. The molecule has 1 fully saturated rings. The fourth-order valence-electron chi connectivity index (χ4n) is 5.45. The lowest BCUT2D eigenvalue weighted by Gasteiger charge is -2.22. The van der Waals surface area contributed by atoms with E-state index in [4.69, 9.17) is 0 Å². The zero-order chi connectivity index (χ0) is 36.3. The minimum atomic E-state index is -1.27. The number of amides is 1. The highest BCUT2D eigenvalue weighted by atomic mass is 32.2. The van der Waals surface area contributed by atoms with Gasteiger partial charge in [0.2, 0.25) is 24.3 Å². The van der Waals surface area contributed by atoms with Gasteiger partial charge in [-0.15, -0.1) is 0 Å². The summed E-state index contributed by atoms with van der Waals surface area (Å²) in [6, 6.07) is 23.5. The van der Waals surface area contributed by atoms with Crippen LogP contribution in [0.2, 0.25) is 0 Å². The van der Waals surface area contributed by atoms with Gasteiger partial charge in [0.1, 0.15) is 16.5 Å². The van der Waals surface area contributed by atoms with E-state index in [0.717, 1.165) is 6.54 Å². The Morgan fingerprint density at radius 1 is 0.824 bits per heavy atom. The van der Waals surface area contributed by atoms with Crippen molar-refractivity contribution in [2.45, 2.75) is 83.3 Å². The summed E-state index contributed by atoms with van der Waals surface area (Å²) in [5.41, 5.74) is 5.64. The van der Waals surface area contributed by atoms with Gasteiger partial charge < -0.3 is 26.6 Å². The molecule has 1 aliphatic carbocycles. The van der Waals surface area contributed by atoms with E-state index in [0.29, 0.717) is 53.8 Å². The first-order valence-electron chi connectivity index (χ1n) is 17.6. The van der Waals surface area contributed by atoms with Crippen molar-refractivity contribution in [1.29, 1.82) is 0 Å². The van der Waals surface area contributed by atoms with E-state index in [2.05, 4.69) is 90.4 Å². The second-order valence-corrected chi connectivity index (χ2v) is 14.2. The van der Waals surface area contributed by atoms with Crippen molar-refractivity contribution in [2.75, 3.05) is 27.8 Å². The molecular weight excluding hydrogens is 679 g/mol. The topological polar surface area (TPSA) is 145 Å². The van der Waals surface area contributed by atoms with Crippen molar-refractivity contribution in [3.05, 3.63) is 107 Å². The fraction of sp³-hybridized carbons (Fsp3) is 0.368. The summed E-state index contributed by atoms with van der Waals surface area (Å²) in [6.07, 6.45) is 9.00. The Bertz CT molecular complexity index is 1680. The minimum absolute atomic E-state index is 0.0661. The number of anilines is 4. The Morgan fingerprint density at radius 3 is 2.14 bits per heavy atom. The molecule has 11 nitrogen and oxygen atoms in total. The summed E-state index contributed by atoms with van der Waals surface area (Å²) >= 11 is 1.52. The van der Waals surface area contributed by atoms with Crippen LogP contribution in [-0.2, 0) is 28.9 Å². The van der Waals surface area contributed by atoms with Crippen LogP contribution < -0.4 is 31.3 Å². The van der Waals surface area contributed by atoms with Gasteiger partial charge in [-0.2, -0.15) is 15.0 Å². The number of benzene rings is 3. The Labute approximate surface area is 309 Å². The number of carbonyl (C=O) groups is 1. The molecule has 1 aliphatic heterocycles. The maximum Gasteiger partial charge on any atom is 0.229 e. The Kier molecular flexibility index (Phi) is 16.7. The van der Waals surface area contributed by atoms with Crippen molar-refractivity contribution in [3.63, 3.8) is 0 Å². The van der Waals surface area contributed by atoms with Gasteiger partial charge in [0, 0.05) is 31.5 Å². The zero-order valence-corrected chi connectivity index (χ0v) is 31.6. The number of rotatable bonds is 14. The molecule has 1 aromatic heterocycles. The highest BCUT2D eigenvalue weighted by Gasteiger charge is 2.15. The third-order valence-electron chi connectivity index (χ3n) is 8.39. The monoisotopic (exact) mass is 729 g/mol. The highest BCUT2D eigenvalue weighted by molar-refractivity contribution is 8.03. The molecular formula is C38H51N9O2S2. The van der Waals surface area contributed by atoms with Gasteiger partial charge in [0.05, 0.1) is 4.90 Å². The van der Waals surface area contributed by atoms with Crippen molar-refractivity contribution in [1.82, 2.24) is 25.0 Å². The number of aromatic nitrogens is 3. The number of nitrogens with zero attached hydrogens (tertiary/aromatic N) is 3. The Hall–Kier alpha value is -4.46. The average molecular weight is 730 g/mol. The van der Waals surface area contributed by atoms with Crippen LogP contribution in [0.5, 0.6) is 0 Å². The normalized spacial score (nSPS) is 15.6. The zero-order valence-electron chi connectivity index (χ0n) is 29.9. The molecule has 51 heavy (non-hydrogen) atoms. The molecule has 2 heterocycles. The predicted molar refractivity (Wildman–Crippen MR) is 213 cm³/mol. The summed E-state index contributed by atoms with van der Waals surface area (Å²) in [5.74, 6) is 2.50. The molecule has 2 unspecified atom stereocenters. The molecule has 3 aromatic carbocycles. The number of nitrogens with one attached hydrogen (secondary N) is 6. The van der Waals surface area contributed by atoms with Crippen LogP contribution in [0.4, 0.5) is 23.5 Å². The van der Waals surface area contributed by atoms with Crippen molar-refractivity contribution in [2.24, 2.45) is 5.92 Å². The molecule has 0 bridgehead atoms. The number of hydrogen-bond acceptors (Lipinski definition) is 10. The maximum atomic E-state index is 11.9.